The van der Waals surface area contributed by atoms with Crippen LogP contribution in [0.15, 0.2) is 22.5 Å². The number of nitro benzene ring substituents is 1. The molecule has 0 spiro atoms. The SMILES string of the molecule is CC(=O)Nc1cc([N+](=O)[O-])cc(-c2csc(N=C(N)N)n2)c1F.Cl. The number of anilines is 1. The van der Waals surface area contributed by atoms with Gasteiger partial charge in [0.25, 0.3) is 5.69 Å². The summed E-state index contributed by atoms with van der Waals surface area (Å²) in [5, 5.41) is 14.8. The molecule has 0 saturated carbocycles. The molecule has 9 nitrogen and oxygen atoms in total. The molecular formula is C12H12ClFN6O3S. The van der Waals surface area contributed by atoms with Gasteiger partial charge in [-0.15, -0.1) is 23.7 Å². The van der Waals surface area contributed by atoms with Crippen LogP contribution in [0.3, 0.4) is 0 Å². The van der Waals surface area contributed by atoms with Crippen LogP contribution in [0.5, 0.6) is 0 Å². The number of nitrogens with one attached hydrogen (secondary N) is 1. The van der Waals surface area contributed by atoms with Crippen LogP contribution >= 0.6 is 23.7 Å². The molecule has 1 amide bonds. The number of hydrogen-bond donors (Lipinski definition) is 3. The fourth-order valence-corrected chi connectivity index (χ4v) is 2.44. The number of benzene rings is 1. The third kappa shape index (κ3) is 4.36. The number of aromatic nitrogens is 1. The second kappa shape index (κ2) is 7.66. The highest BCUT2D eigenvalue weighted by atomic mass is 35.5. The number of halogens is 2. The van der Waals surface area contributed by atoms with E-state index in [9.17, 15) is 19.3 Å². The normalized spacial score (nSPS) is 9.75. The minimum atomic E-state index is -0.840. The molecule has 1 aromatic carbocycles. The summed E-state index contributed by atoms with van der Waals surface area (Å²) in [7, 11) is 0. The van der Waals surface area contributed by atoms with E-state index in [-0.39, 0.29) is 46.1 Å². The third-order valence-corrected chi connectivity index (χ3v) is 3.31. The molecule has 2 rings (SSSR count). The molecule has 0 radical (unpaired) electrons. The lowest BCUT2D eigenvalue weighted by Gasteiger charge is -2.07. The Morgan fingerprint density at radius 3 is 2.67 bits per heavy atom. The molecule has 0 fully saturated rings. The number of hydrogen-bond acceptors (Lipinski definition) is 6. The Morgan fingerprint density at radius 1 is 1.46 bits per heavy atom. The highest BCUT2D eigenvalue weighted by molar-refractivity contribution is 7.13. The second-order valence-corrected chi connectivity index (χ2v) is 5.18. The molecule has 0 saturated heterocycles. The van der Waals surface area contributed by atoms with E-state index in [1.165, 1.54) is 5.38 Å². The van der Waals surface area contributed by atoms with Crippen molar-refractivity contribution in [2.75, 3.05) is 5.32 Å². The minimum absolute atomic E-state index is 0. The summed E-state index contributed by atoms with van der Waals surface area (Å²) in [4.78, 5) is 29.1. The predicted molar refractivity (Wildman–Crippen MR) is 91.2 cm³/mol. The minimum Gasteiger partial charge on any atom is -0.370 e. The fraction of sp³-hybridized carbons (Fsp3) is 0.0833. The van der Waals surface area contributed by atoms with Crippen molar-refractivity contribution in [3.63, 3.8) is 0 Å². The highest BCUT2D eigenvalue weighted by Crippen LogP contribution is 2.34. The van der Waals surface area contributed by atoms with Gasteiger partial charge in [-0.3, -0.25) is 14.9 Å². The standard InChI is InChI=1S/C12H11FN6O3S.ClH/c1-5(20)16-8-3-6(19(21)22)2-7(10(8)13)9-4-23-12(17-9)18-11(14)15;/h2-4H,1H3,(H,16,20)(H4,14,15,17,18);1H. The van der Waals surface area contributed by atoms with Crippen molar-refractivity contribution < 1.29 is 14.1 Å². The number of guanidine groups is 1. The monoisotopic (exact) mass is 374 g/mol. The molecule has 0 aliphatic carbocycles. The molecule has 0 aliphatic heterocycles. The van der Waals surface area contributed by atoms with E-state index in [0.29, 0.717) is 0 Å². The van der Waals surface area contributed by atoms with E-state index in [4.69, 9.17) is 11.5 Å². The Labute approximate surface area is 145 Å². The first-order chi connectivity index (χ1) is 10.8. The van der Waals surface area contributed by atoms with Crippen LogP contribution in [0, 0.1) is 15.9 Å². The summed E-state index contributed by atoms with van der Waals surface area (Å²) in [6.07, 6.45) is 0. The van der Waals surface area contributed by atoms with Crippen LogP contribution in [-0.4, -0.2) is 21.8 Å². The number of nitrogens with two attached hydrogens (primary N) is 2. The third-order valence-electron chi connectivity index (χ3n) is 2.57. The van der Waals surface area contributed by atoms with E-state index in [1.54, 1.807) is 0 Å². The average Bonchev–Trinajstić information content (AvgIpc) is 2.87. The molecule has 1 heterocycles. The molecule has 5 N–H and O–H groups in total. The van der Waals surface area contributed by atoms with Gasteiger partial charge in [-0.25, -0.2) is 9.37 Å². The first-order valence-corrected chi connectivity index (χ1v) is 6.97. The van der Waals surface area contributed by atoms with Gasteiger partial charge in [-0.05, 0) is 0 Å². The average molecular weight is 375 g/mol. The number of nitrogens with zero attached hydrogens (tertiary/aromatic N) is 3. The summed E-state index contributed by atoms with van der Waals surface area (Å²) in [6.45, 7) is 1.16. The lowest BCUT2D eigenvalue weighted by atomic mass is 10.1. The van der Waals surface area contributed by atoms with E-state index in [0.717, 1.165) is 30.4 Å². The smallest absolute Gasteiger partial charge is 0.272 e. The summed E-state index contributed by atoms with van der Waals surface area (Å²) < 4.78 is 14.5. The van der Waals surface area contributed by atoms with Gasteiger partial charge >= 0.3 is 0 Å². The Balaban J connectivity index is 0.00000288. The molecule has 0 unspecified atom stereocenters. The Kier molecular flexibility index (Phi) is 6.14. The van der Waals surface area contributed by atoms with Crippen molar-refractivity contribution in [2.24, 2.45) is 16.5 Å². The summed E-state index contributed by atoms with van der Waals surface area (Å²) in [5.74, 6) is -1.62. The van der Waals surface area contributed by atoms with Gasteiger partial charge in [0.05, 0.1) is 16.3 Å². The number of carbonyl (C=O) groups is 1. The van der Waals surface area contributed by atoms with E-state index >= 15 is 0 Å². The fourth-order valence-electron chi connectivity index (χ4n) is 1.73. The Hall–Kier alpha value is -2.79. The Bertz CT molecular complexity index is 821. The number of carbonyl (C=O) groups excluding carboxylic acids is 1. The van der Waals surface area contributed by atoms with Crippen molar-refractivity contribution in [3.8, 4) is 11.3 Å². The maximum atomic E-state index is 14.5. The number of aliphatic imine (C=N–C) groups is 1. The molecule has 128 valence electrons. The first kappa shape index (κ1) is 19.3. The zero-order valence-electron chi connectivity index (χ0n) is 12.1. The summed E-state index contributed by atoms with van der Waals surface area (Å²) >= 11 is 1.03. The number of thiazole rings is 1. The predicted octanol–water partition coefficient (Wildman–Crippen LogP) is 2.14. The number of nitro groups is 1. The van der Waals surface area contributed by atoms with Gasteiger partial charge in [0.15, 0.2) is 11.8 Å². The van der Waals surface area contributed by atoms with Crippen LogP contribution in [0.4, 0.5) is 20.9 Å². The zero-order chi connectivity index (χ0) is 17.1. The topological polar surface area (TPSA) is 150 Å². The van der Waals surface area contributed by atoms with Crippen molar-refractivity contribution in [2.45, 2.75) is 6.92 Å². The van der Waals surface area contributed by atoms with Crippen LogP contribution in [0.2, 0.25) is 0 Å². The van der Waals surface area contributed by atoms with Crippen LogP contribution in [0.1, 0.15) is 6.92 Å². The van der Waals surface area contributed by atoms with Gasteiger partial charge in [-0.1, -0.05) is 0 Å². The lowest BCUT2D eigenvalue weighted by molar-refractivity contribution is -0.384. The van der Waals surface area contributed by atoms with Gasteiger partial charge in [-0.2, -0.15) is 4.99 Å². The molecule has 0 bridgehead atoms. The molecule has 12 heteroatoms. The van der Waals surface area contributed by atoms with Crippen LogP contribution < -0.4 is 16.8 Å². The van der Waals surface area contributed by atoms with Crippen LogP contribution in [-0.2, 0) is 4.79 Å². The van der Waals surface area contributed by atoms with Gasteiger partial charge in [0, 0.05) is 30.0 Å². The molecule has 2 aromatic rings. The van der Waals surface area contributed by atoms with E-state index < -0.39 is 16.6 Å². The van der Waals surface area contributed by atoms with Crippen LogP contribution in [0.25, 0.3) is 11.3 Å². The lowest BCUT2D eigenvalue weighted by Crippen LogP contribution is -2.21. The van der Waals surface area contributed by atoms with Crippen molar-refractivity contribution in [3.05, 3.63) is 33.4 Å². The number of non-ortho nitro benzene ring substituents is 1. The van der Waals surface area contributed by atoms with E-state index in [2.05, 4.69) is 15.3 Å². The number of amides is 1. The van der Waals surface area contributed by atoms with Crippen molar-refractivity contribution in [1.82, 2.24) is 4.98 Å². The summed E-state index contributed by atoms with van der Waals surface area (Å²) in [6, 6.07) is 1.96. The summed E-state index contributed by atoms with van der Waals surface area (Å²) in [5.41, 5.74) is 9.73. The number of rotatable bonds is 4. The molecule has 1 aromatic heterocycles. The molecular weight excluding hydrogens is 363 g/mol. The van der Waals surface area contributed by atoms with Gasteiger partial charge in [0.1, 0.15) is 0 Å². The maximum Gasteiger partial charge on any atom is 0.272 e. The zero-order valence-corrected chi connectivity index (χ0v) is 13.8. The molecule has 24 heavy (non-hydrogen) atoms. The quantitative estimate of drug-likeness (QED) is 0.323. The maximum absolute atomic E-state index is 14.5. The van der Waals surface area contributed by atoms with Gasteiger partial charge < -0.3 is 16.8 Å². The largest absolute Gasteiger partial charge is 0.370 e. The van der Waals surface area contributed by atoms with Crippen molar-refractivity contribution >= 4 is 52.1 Å². The second-order valence-electron chi connectivity index (χ2n) is 4.35. The van der Waals surface area contributed by atoms with Crippen molar-refractivity contribution in [1.29, 1.82) is 0 Å². The molecule has 0 atom stereocenters. The first-order valence-electron chi connectivity index (χ1n) is 6.09. The van der Waals surface area contributed by atoms with Gasteiger partial charge in [0.2, 0.25) is 11.0 Å². The Morgan fingerprint density at radius 2 is 2.12 bits per heavy atom. The molecule has 0 aliphatic rings. The highest BCUT2D eigenvalue weighted by Gasteiger charge is 2.20. The van der Waals surface area contributed by atoms with E-state index in [1.807, 2.05) is 0 Å².